The lowest BCUT2D eigenvalue weighted by Crippen LogP contribution is -2.42. The summed E-state index contributed by atoms with van der Waals surface area (Å²) in [4.78, 5) is 37.9. The van der Waals surface area contributed by atoms with E-state index in [1.54, 1.807) is 12.1 Å². The standard InChI is InChI=1S/C11H11N3O3S/c12-9(16)6-2-1-5-13-11(6)18-7-3-4-8(15)14-10(7)17/h1-2,5,7H,3-4H2,(H2,12,16)(H,14,15,17). The number of carbonyl (C=O) groups is 3. The summed E-state index contributed by atoms with van der Waals surface area (Å²) < 4.78 is 0. The number of pyridine rings is 1. The summed E-state index contributed by atoms with van der Waals surface area (Å²) in [6.07, 6.45) is 2.26. The van der Waals surface area contributed by atoms with Crippen LogP contribution in [0.4, 0.5) is 0 Å². The average molecular weight is 265 g/mol. The second kappa shape index (κ2) is 5.18. The van der Waals surface area contributed by atoms with E-state index in [0.717, 1.165) is 11.8 Å². The van der Waals surface area contributed by atoms with Crippen LogP contribution in [0.25, 0.3) is 0 Å². The number of nitrogens with two attached hydrogens (primary N) is 1. The average Bonchev–Trinajstić information content (AvgIpc) is 2.33. The lowest BCUT2D eigenvalue weighted by atomic mass is 10.1. The summed E-state index contributed by atoms with van der Waals surface area (Å²) in [6, 6.07) is 3.16. The summed E-state index contributed by atoms with van der Waals surface area (Å²) in [7, 11) is 0. The Labute approximate surface area is 107 Å². The molecule has 0 saturated carbocycles. The van der Waals surface area contributed by atoms with E-state index in [1.807, 2.05) is 0 Å². The van der Waals surface area contributed by atoms with Crippen molar-refractivity contribution in [3.05, 3.63) is 23.9 Å². The van der Waals surface area contributed by atoms with E-state index in [-0.39, 0.29) is 17.4 Å². The number of carbonyl (C=O) groups excluding carboxylic acids is 3. The minimum absolute atomic E-state index is 0.270. The van der Waals surface area contributed by atoms with Gasteiger partial charge in [0.15, 0.2) is 0 Å². The number of rotatable bonds is 3. The van der Waals surface area contributed by atoms with Crippen LogP contribution in [0.1, 0.15) is 23.2 Å². The molecule has 0 bridgehead atoms. The normalized spacial score (nSPS) is 19.4. The number of nitrogens with one attached hydrogen (secondary N) is 1. The van der Waals surface area contributed by atoms with E-state index in [2.05, 4.69) is 10.3 Å². The molecular formula is C11H11N3O3S. The van der Waals surface area contributed by atoms with Crippen molar-refractivity contribution in [2.45, 2.75) is 23.1 Å². The van der Waals surface area contributed by atoms with Crippen molar-refractivity contribution in [3.63, 3.8) is 0 Å². The number of nitrogens with zero attached hydrogens (tertiary/aromatic N) is 1. The molecule has 1 unspecified atom stereocenters. The number of primary amides is 1. The van der Waals surface area contributed by atoms with Gasteiger partial charge in [-0.2, -0.15) is 0 Å². The van der Waals surface area contributed by atoms with E-state index < -0.39 is 11.2 Å². The highest BCUT2D eigenvalue weighted by atomic mass is 32.2. The highest BCUT2D eigenvalue weighted by Crippen LogP contribution is 2.28. The van der Waals surface area contributed by atoms with E-state index in [0.29, 0.717) is 17.9 Å². The molecule has 2 rings (SSSR count). The third-order valence-corrected chi connectivity index (χ3v) is 3.76. The Balaban J connectivity index is 2.17. The van der Waals surface area contributed by atoms with Gasteiger partial charge in [-0.25, -0.2) is 4.98 Å². The van der Waals surface area contributed by atoms with Crippen molar-refractivity contribution in [3.8, 4) is 0 Å². The first-order valence-corrected chi connectivity index (χ1v) is 6.21. The fourth-order valence-electron chi connectivity index (χ4n) is 1.59. The monoisotopic (exact) mass is 265 g/mol. The Morgan fingerprint density at radius 3 is 2.94 bits per heavy atom. The minimum Gasteiger partial charge on any atom is -0.366 e. The van der Waals surface area contributed by atoms with Crippen molar-refractivity contribution < 1.29 is 14.4 Å². The Kier molecular flexibility index (Phi) is 3.61. The number of hydrogen-bond acceptors (Lipinski definition) is 5. The predicted octanol–water partition coefficient (Wildman–Crippen LogP) is 0.0778. The third kappa shape index (κ3) is 2.67. The summed E-state index contributed by atoms with van der Waals surface area (Å²) >= 11 is 1.15. The summed E-state index contributed by atoms with van der Waals surface area (Å²) in [6.45, 7) is 0. The Morgan fingerprint density at radius 1 is 1.50 bits per heavy atom. The van der Waals surface area contributed by atoms with Gasteiger partial charge in [0.2, 0.25) is 11.8 Å². The molecule has 1 aromatic heterocycles. The Morgan fingerprint density at radius 2 is 2.28 bits per heavy atom. The van der Waals surface area contributed by atoms with Crippen LogP contribution in [0.3, 0.4) is 0 Å². The van der Waals surface area contributed by atoms with Crippen LogP contribution in [-0.2, 0) is 9.59 Å². The fourth-order valence-corrected chi connectivity index (χ4v) is 2.68. The van der Waals surface area contributed by atoms with Gasteiger partial charge in [0.05, 0.1) is 10.8 Å². The number of amides is 3. The van der Waals surface area contributed by atoms with E-state index in [4.69, 9.17) is 5.73 Å². The van der Waals surface area contributed by atoms with Crippen LogP contribution in [0.2, 0.25) is 0 Å². The first-order chi connectivity index (χ1) is 8.58. The molecule has 1 fully saturated rings. The van der Waals surface area contributed by atoms with Crippen molar-refractivity contribution in [1.29, 1.82) is 0 Å². The lowest BCUT2D eigenvalue weighted by Gasteiger charge is -2.20. The zero-order chi connectivity index (χ0) is 13.1. The van der Waals surface area contributed by atoms with Crippen LogP contribution in [0.5, 0.6) is 0 Å². The zero-order valence-corrected chi connectivity index (χ0v) is 10.2. The molecule has 1 aliphatic rings. The maximum absolute atomic E-state index is 11.6. The van der Waals surface area contributed by atoms with Gasteiger partial charge in [0.1, 0.15) is 5.03 Å². The zero-order valence-electron chi connectivity index (χ0n) is 9.38. The molecule has 1 atom stereocenters. The van der Waals surface area contributed by atoms with Gasteiger partial charge < -0.3 is 5.73 Å². The van der Waals surface area contributed by atoms with E-state index >= 15 is 0 Å². The molecular weight excluding hydrogens is 254 g/mol. The first-order valence-electron chi connectivity index (χ1n) is 5.33. The fraction of sp³-hybridized carbons (Fsp3) is 0.273. The highest BCUT2D eigenvalue weighted by molar-refractivity contribution is 8.00. The van der Waals surface area contributed by atoms with E-state index in [9.17, 15) is 14.4 Å². The molecule has 0 radical (unpaired) electrons. The van der Waals surface area contributed by atoms with Crippen molar-refractivity contribution in [1.82, 2.24) is 10.3 Å². The number of aromatic nitrogens is 1. The van der Waals surface area contributed by atoms with Gasteiger partial charge >= 0.3 is 0 Å². The van der Waals surface area contributed by atoms with Crippen LogP contribution in [0.15, 0.2) is 23.4 Å². The van der Waals surface area contributed by atoms with Crippen molar-refractivity contribution >= 4 is 29.5 Å². The lowest BCUT2D eigenvalue weighted by molar-refractivity contribution is -0.132. The van der Waals surface area contributed by atoms with Crippen LogP contribution >= 0.6 is 11.8 Å². The SMILES string of the molecule is NC(=O)c1cccnc1SC1CCC(=O)NC1=O. The second-order valence-electron chi connectivity index (χ2n) is 3.78. The van der Waals surface area contributed by atoms with Crippen molar-refractivity contribution in [2.24, 2.45) is 5.73 Å². The van der Waals surface area contributed by atoms with E-state index in [1.165, 1.54) is 6.20 Å². The largest absolute Gasteiger partial charge is 0.366 e. The summed E-state index contributed by atoms with van der Waals surface area (Å²) in [5.74, 6) is -1.21. The van der Waals surface area contributed by atoms with Gasteiger partial charge in [-0.3, -0.25) is 19.7 Å². The Hall–Kier alpha value is -1.89. The topological polar surface area (TPSA) is 102 Å². The molecule has 2 heterocycles. The molecule has 18 heavy (non-hydrogen) atoms. The molecule has 0 spiro atoms. The molecule has 94 valence electrons. The molecule has 3 N–H and O–H groups in total. The molecule has 6 nitrogen and oxygen atoms in total. The quantitative estimate of drug-likeness (QED) is 0.753. The predicted molar refractivity (Wildman–Crippen MR) is 64.8 cm³/mol. The molecule has 1 aromatic rings. The van der Waals surface area contributed by atoms with Crippen molar-refractivity contribution in [2.75, 3.05) is 0 Å². The molecule has 0 aromatic carbocycles. The van der Waals surface area contributed by atoms with Crippen LogP contribution < -0.4 is 11.1 Å². The second-order valence-corrected chi connectivity index (χ2v) is 4.97. The minimum atomic E-state index is -0.585. The summed E-state index contributed by atoms with van der Waals surface area (Å²) in [5, 5.41) is 2.25. The van der Waals surface area contributed by atoms with Gasteiger partial charge in [0, 0.05) is 12.6 Å². The van der Waals surface area contributed by atoms with Gasteiger partial charge in [0.25, 0.3) is 5.91 Å². The maximum Gasteiger partial charge on any atom is 0.251 e. The number of thioether (sulfide) groups is 1. The number of piperidine rings is 1. The van der Waals surface area contributed by atoms with Gasteiger partial charge in [-0.15, -0.1) is 0 Å². The van der Waals surface area contributed by atoms with Crippen LogP contribution in [-0.4, -0.2) is 28.0 Å². The van der Waals surface area contributed by atoms with Gasteiger partial charge in [-0.05, 0) is 18.6 Å². The smallest absolute Gasteiger partial charge is 0.251 e. The first kappa shape index (κ1) is 12.6. The Bertz CT molecular complexity index is 518. The summed E-state index contributed by atoms with van der Waals surface area (Å²) in [5.41, 5.74) is 5.51. The molecule has 1 saturated heterocycles. The number of hydrogen-bond donors (Lipinski definition) is 2. The number of imide groups is 1. The molecule has 0 aliphatic carbocycles. The molecule has 7 heteroatoms. The molecule has 3 amide bonds. The van der Waals surface area contributed by atoms with Crippen LogP contribution in [0, 0.1) is 0 Å². The highest BCUT2D eigenvalue weighted by Gasteiger charge is 2.28. The molecule has 1 aliphatic heterocycles. The van der Waals surface area contributed by atoms with Gasteiger partial charge in [-0.1, -0.05) is 11.8 Å². The third-order valence-electron chi connectivity index (χ3n) is 2.48. The maximum atomic E-state index is 11.6.